The molecule has 1 aromatic heterocycles. The molecule has 1 aliphatic heterocycles. The van der Waals surface area contributed by atoms with E-state index in [1.54, 1.807) is 0 Å². The van der Waals surface area contributed by atoms with Gasteiger partial charge in [-0.1, -0.05) is 0 Å². The summed E-state index contributed by atoms with van der Waals surface area (Å²) >= 11 is 0. The predicted octanol–water partition coefficient (Wildman–Crippen LogP) is 1.12. The Kier molecular flexibility index (Phi) is 3.63. The lowest BCUT2D eigenvalue weighted by Gasteiger charge is -2.19. The van der Waals surface area contributed by atoms with Gasteiger partial charge in [0.05, 0.1) is 11.8 Å². The number of phenols is 1. The Bertz CT molecular complexity index is 809. The zero-order valence-corrected chi connectivity index (χ0v) is 11.6. The second-order valence-corrected chi connectivity index (χ2v) is 4.64. The third-order valence-electron chi connectivity index (χ3n) is 3.11. The lowest BCUT2D eigenvalue weighted by molar-refractivity contribution is -0.135. The molecule has 1 atom stereocenters. The van der Waals surface area contributed by atoms with Crippen molar-refractivity contribution in [2.24, 2.45) is 11.0 Å². The number of hydrogen-bond donors (Lipinski definition) is 2. The van der Waals surface area contributed by atoms with Crippen LogP contribution in [0.1, 0.15) is 20.9 Å². The molecule has 1 amide bonds. The third kappa shape index (κ3) is 2.82. The van der Waals surface area contributed by atoms with Crippen LogP contribution in [0.15, 0.2) is 46.1 Å². The number of rotatable bonds is 3. The van der Waals surface area contributed by atoms with E-state index in [1.165, 1.54) is 36.6 Å². The summed E-state index contributed by atoms with van der Waals surface area (Å²) in [4.78, 5) is 35.7. The molecule has 0 radical (unpaired) electrons. The summed E-state index contributed by atoms with van der Waals surface area (Å²) in [7, 11) is 0. The lowest BCUT2D eigenvalue weighted by atomic mass is 9.95. The van der Waals surface area contributed by atoms with Crippen molar-refractivity contribution in [3.05, 3.63) is 47.9 Å². The van der Waals surface area contributed by atoms with Gasteiger partial charge in [0.1, 0.15) is 11.5 Å². The Labute approximate surface area is 129 Å². The number of esters is 1. The fourth-order valence-corrected chi connectivity index (χ4v) is 2.01. The van der Waals surface area contributed by atoms with Crippen LogP contribution >= 0.6 is 0 Å². The second kappa shape index (κ2) is 5.76. The molecule has 0 fully saturated rings. The summed E-state index contributed by atoms with van der Waals surface area (Å²) in [5, 5.41) is 12.9. The van der Waals surface area contributed by atoms with Gasteiger partial charge < -0.3 is 14.3 Å². The third-order valence-corrected chi connectivity index (χ3v) is 3.11. The number of benzene rings is 1. The van der Waals surface area contributed by atoms with E-state index in [-0.39, 0.29) is 22.8 Å². The van der Waals surface area contributed by atoms with Crippen molar-refractivity contribution in [2.75, 3.05) is 0 Å². The molecule has 23 heavy (non-hydrogen) atoms. The first kappa shape index (κ1) is 14.5. The van der Waals surface area contributed by atoms with Gasteiger partial charge in [-0.05, 0) is 24.3 Å². The summed E-state index contributed by atoms with van der Waals surface area (Å²) in [6, 6.07) is 6.81. The smallest absolute Gasteiger partial charge is 0.327 e. The monoisotopic (exact) mass is 314 g/mol. The number of amides is 1. The SMILES string of the molecule is O=C(N/N=C/C1C(=O)Oc2cc(O)ccc2C1=O)c1ccco1. The Morgan fingerprint density at radius 3 is 2.87 bits per heavy atom. The van der Waals surface area contributed by atoms with Crippen LogP contribution in [-0.4, -0.2) is 29.0 Å². The molecule has 1 unspecified atom stereocenters. The summed E-state index contributed by atoms with van der Waals surface area (Å²) in [6.07, 6.45) is 2.31. The van der Waals surface area contributed by atoms with Crippen molar-refractivity contribution < 1.29 is 28.6 Å². The molecular formula is C15H10N2O6. The molecule has 0 spiro atoms. The van der Waals surface area contributed by atoms with E-state index in [2.05, 4.69) is 10.5 Å². The maximum Gasteiger partial charge on any atom is 0.327 e. The first-order chi connectivity index (χ1) is 11.1. The number of aromatic hydroxyl groups is 1. The number of furan rings is 1. The van der Waals surface area contributed by atoms with E-state index in [9.17, 15) is 19.5 Å². The largest absolute Gasteiger partial charge is 0.508 e. The number of carbonyl (C=O) groups is 3. The predicted molar refractivity (Wildman–Crippen MR) is 76.2 cm³/mol. The first-order valence-corrected chi connectivity index (χ1v) is 6.52. The summed E-state index contributed by atoms with van der Waals surface area (Å²) in [5.41, 5.74) is 2.29. The van der Waals surface area contributed by atoms with E-state index in [0.717, 1.165) is 6.21 Å². The van der Waals surface area contributed by atoms with Crippen molar-refractivity contribution in [3.63, 3.8) is 0 Å². The Morgan fingerprint density at radius 1 is 1.30 bits per heavy atom. The van der Waals surface area contributed by atoms with Gasteiger partial charge in [0, 0.05) is 12.3 Å². The quantitative estimate of drug-likeness (QED) is 0.288. The van der Waals surface area contributed by atoms with Crippen LogP contribution in [0.25, 0.3) is 0 Å². The number of hydrazone groups is 1. The Balaban J connectivity index is 1.74. The highest BCUT2D eigenvalue weighted by Crippen LogP contribution is 2.30. The molecule has 2 heterocycles. The van der Waals surface area contributed by atoms with Crippen molar-refractivity contribution in [1.29, 1.82) is 0 Å². The van der Waals surface area contributed by atoms with Crippen molar-refractivity contribution >= 4 is 23.9 Å². The van der Waals surface area contributed by atoms with E-state index < -0.39 is 23.6 Å². The number of Topliss-reactive ketones (excluding diaryl/α,β-unsaturated/α-hetero) is 1. The van der Waals surface area contributed by atoms with E-state index in [1.807, 2.05) is 0 Å². The van der Waals surface area contributed by atoms with Crippen LogP contribution < -0.4 is 10.2 Å². The van der Waals surface area contributed by atoms with E-state index in [4.69, 9.17) is 9.15 Å². The van der Waals surface area contributed by atoms with Crippen LogP contribution in [0.3, 0.4) is 0 Å². The molecule has 2 aromatic rings. The van der Waals surface area contributed by atoms with Gasteiger partial charge in [0.2, 0.25) is 0 Å². The molecule has 8 heteroatoms. The molecule has 116 valence electrons. The highest BCUT2D eigenvalue weighted by atomic mass is 16.5. The number of fused-ring (bicyclic) bond motifs is 1. The molecule has 8 nitrogen and oxygen atoms in total. The van der Waals surface area contributed by atoms with Gasteiger partial charge >= 0.3 is 11.9 Å². The average molecular weight is 314 g/mol. The molecule has 1 aliphatic rings. The topological polar surface area (TPSA) is 118 Å². The van der Waals surface area contributed by atoms with Gasteiger partial charge in [0.15, 0.2) is 17.5 Å². The summed E-state index contributed by atoms with van der Waals surface area (Å²) in [6.45, 7) is 0. The second-order valence-electron chi connectivity index (χ2n) is 4.64. The zero-order chi connectivity index (χ0) is 16.4. The summed E-state index contributed by atoms with van der Waals surface area (Å²) < 4.78 is 9.85. The van der Waals surface area contributed by atoms with Crippen molar-refractivity contribution in [3.8, 4) is 11.5 Å². The van der Waals surface area contributed by atoms with Gasteiger partial charge in [-0.15, -0.1) is 0 Å². The number of ether oxygens (including phenoxy) is 1. The van der Waals surface area contributed by atoms with Gasteiger partial charge in [-0.3, -0.25) is 14.4 Å². The number of ketones is 1. The number of carbonyl (C=O) groups excluding carboxylic acids is 3. The Morgan fingerprint density at radius 2 is 2.13 bits per heavy atom. The molecule has 3 rings (SSSR count). The van der Waals surface area contributed by atoms with Crippen LogP contribution in [-0.2, 0) is 4.79 Å². The van der Waals surface area contributed by atoms with Crippen LogP contribution in [0.5, 0.6) is 11.5 Å². The van der Waals surface area contributed by atoms with Crippen molar-refractivity contribution in [2.45, 2.75) is 0 Å². The zero-order valence-electron chi connectivity index (χ0n) is 11.6. The minimum atomic E-state index is -1.27. The number of hydrogen-bond acceptors (Lipinski definition) is 7. The minimum absolute atomic E-state index is 0.00993. The number of nitrogens with one attached hydrogen (secondary N) is 1. The minimum Gasteiger partial charge on any atom is -0.508 e. The highest BCUT2D eigenvalue weighted by Gasteiger charge is 2.35. The van der Waals surface area contributed by atoms with Crippen LogP contribution in [0.2, 0.25) is 0 Å². The molecule has 1 aromatic carbocycles. The molecule has 0 saturated heterocycles. The highest BCUT2D eigenvalue weighted by molar-refractivity contribution is 6.22. The molecule has 0 saturated carbocycles. The normalized spacial score (nSPS) is 17.0. The lowest BCUT2D eigenvalue weighted by Crippen LogP contribution is -2.35. The van der Waals surface area contributed by atoms with E-state index >= 15 is 0 Å². The Hall–Kier alpha value is -3.42. The molecule has 2 N–H and O–H groups in total. The van der Waals surface area contributed by atoms with Gasteiger partial charge in [-0.25, -0.2) is 5.43 Å². The van der Waals surface area contributed by atoms with E-state index in [0.29, 0.717) is 0 Å². The fourth-order valence-electron chi connectivity index (χ4n) is 2.01. The molecule has 0 bridgehead atoms. The maximum atomic E-state index is 12.2. The van der Waals surface area contributed by atoms with Crippen LogP contribution in [0, 0.1) is 5.92 Å². The molecule has 0 aliphatic carbocycles. The molecular weight excluding hydrogens is 304 g/mol. The average Bonchev–Trinajstić information content (AvgIpc) is 3.04. The van der Waals surface area contributed by atoms with Gasteiger partial charge in [0.25, 0.3) is 0 Å². The standard InChI is InChI=1S/C15H10N2O6/c18-8-3-4-9-12(6-8)23-15(21)10(13(9)19)7-16-17-14(20)11-2-1-5-22-11/h1-7,10,18H,(H,17,20)/b16-7+. The maximum absolute atomic E-state index is 12.2. The van der Waals surface area contributed by atoms with Gasteiger partial charge in [-0.2, -0.15) is 5.10 Å². The number of phenolic OH excluding ortho intramolecular Hbond substituents is 1. The fraction of sp³-hybridized carbons (Fsp3) is 0.0667. The van der Waals surface area contributed by atoms with Crippen LogP contribution in [0.4, 0.5) is 0 Å². The number of nitrogens with zero attached hydrogens (tertiary/aromatic N) is 1. The summed E-state index contributed by atoms with van der Waals surface area (Å²) in [5.74, 6) is -3.36. The first-order valence-electron chi connectivity index (χ1n) is 6.52. The van der Waals surface area contributed by atoms with Crippen molar-refractivity contribution in [1.82, 2.24) is 5.43 Å².